The van der Waals surface area contributed by atoms with Gasteiger partial charge in [-0.15, -0.1) is 0 Å². The highest BCUT2D eigenvalue weighted by atomic mass is 16.5. The minimum atomic E-state index is 0.333. The summed E-state index contributed by atoms with van der Waals surface area (Å²) < 4.78 is 16.2. The highest BCUT2D eigenvalue weighted by Gasteiger charge is 2.34. The Labute approximate surface area is 115 Å². The van der Waals surface area contributed by atoms with Gasteiger partial charge in [-0.3, -0.25) is 0 Å². The molecule has 1 aliphatic rings. The zero-order valence-corrected chi connectivity index (χ0v) is 12.2. The van der Waals surface area contributed by atoms with Crippen molar-refractivity contribution in [3.63, 3.8) is 0 Å². The second-order valence-corrected chi connectivity index (χ2v) is 4.82. The van der Waals surface area contributed by atoms with Gasteiger partial charge in [-0.1, -0.05) is 6.92 Å². The van der Waals surface area contributed by atoms with Crippen molar-refractivity contribution >= 4 is 0 Å². The quantitative estimate of drug-likeness (QED) is 0.823. The molecule has 1 fully saturated rings. The molecule has 106 valence electrons. The summed E-state index contributed by atoms with van der Waals surface area (Å²) in [5.74, 6) is 3.01. The van der Waals surface area contributed by atoms with Gasteiger partial charge in [0.1, 0.15) is 5.75 Å². The molecule has 4 nitrogen and oxygen atoms in total. The van der Waals surface area contributed by atoms with Crippen LogP contribution in [0.3, 0.4) is 0 Å². The molecule has 0 radical (unpaired) electrons. The van der Waals surface area contributed by atoms with Gasteiger partial charge >= 0.3 is 0 Å². The Morgan fingerprint density at radius 2 is 1.63 bits per heavy atom. The molecule has 0 aliphatic heterocycles. The summed E-state index contributed by atoms with van der Waals surface area (Å²) in [7, 11) is 4.99. The number of nitrogens with one attached hydrogen (secondary N) is 1. The summed E-state index contributed by atoms with van der Waals surface area (Å²) in [6, 6.07) is 4.27. The van der Waals surface area contributed by atoms with E-state index in [-0.39, 0.29) is 0 Å². The van der Waals surface area contributed by atoms with Gasteiger partial charge in [0, 0.05) is 17.7 Å². The molecule has 1 aromatic rings. The lowest BCUT2D eigenvalue weighted by atomic mass is 10.0. The molecule has 0 heterocycles. The normalized spacial score (nSPS) is 16.0. The van der Waals surface area contributed by atoms with Crippen LogP contribution in [0.15, 0.2) is 12.1 Å². The molecular weight excluding hydrogens is 242 g/mol. The second-order valence-electron chi connectivity index (χ2n) is 4.82. The van der Waals surface area contributed by atoms with Crippen LogP contribution in [0.2, 0.25) is 0 Å². The zero-order chi connectivity index (χ0) is 13.8. The van der Waals surface area contributed by atoms with Gasteiger partial charge in [-0.25, -0.2) is 0 Å². The topological polar surface area (TPSA) is 39.7 Å². The third-order valence-electron chi connectivity index (χ3n) is 3.59. The smallest absolute Gasteiger partial charge is 0.164 e. The van der Waals surface area contributed by atoms with Crippen LogP contribution in [0.1, 0.15) is 31.4 Å². The Kier molecular flexibility index (Phi) is 4.53. The fourth-order valence-electron chi connectivity index (χ4n) is 2.48. The van der Waals surface area contributed by atoms with E-state index < -0.39 is 0 Å². The predicted octanol–water partition coefficient (Wildman–Crippen LogP) is 2.77. The Morgan fingerprint density at radius 1 is 1.05 bits per heavy atom. The van der Waals surface area contributed by atoms with Crippen molar-refractivity contribution in [3.05, 3.63) is 17.7 Å². The van der Waals surface area contributed by atoms with Crippen LogP contribution in [-0.2, 0) is 0 Å². The first-order chi connectivity index (χ1) is 9.24. The minimum absolute atomic E-state index is 0.333. The summed E-state index contributed by atoms with van der Waals surface area (Å²) >= 11 is 0. The van der Waals surface area contributed by atoms with Crippen LogP contribution in [0, 0.1) is 5.92 Å². The van der Waals surface area contributed by atoms with Crippen molar-refractivity contribution in [1.82, 2.24) is 5.32 Å². The van der Waals surface area contributed by atoms with Crippen molar-refractivity contribution in [3.8, 4) is 17.2 Å². The molecule has 1 aliphatic carbocycles. The van der Waals surface area contributed by atoms with E-state index >= 15 is 0 Å². The first-order valence-electron chi connectivity index (χ1n) is 6.78. The maximum atomic E-state index is 5.52. The monoisotopic (exact) mass is 265 g/mol. The molecule has 4 heteroatoms. The molecule has 0 amide bonds. The number of ether oxygens (including phenoxy) is 3. The molecule has 2 rings (SSSR count). The van der Waals surface area contributed by atoms with E-state index in [2.05, 4.69) is 12.2 Å². The molecule has 0 saturated heterocycles. The SMILES string of the molecule is CCNC(c1cc(OC)c(OC)cc1OC)C1CC1. The highest BCUT2D eigenvalue weighted by Crippen LogP contribution is 2.46. The molecule has 1 aromatic carbocycles. The lowest BCUT2D eigenvalue weighted by Gasteiger charge is -2.22. The fourth-order valence-corrected chi connectivity index (χ4v) is 2.48. The summed E-state index contributed by atoms with van der Waals surface area (Å²) in [5, 5.41) is 3.55. The first-order valence-corrected chi connectivity index (χ1v) is 6.78. The van der Waals surface area contributed by atoms with E-state index in [1.54, 1.807) is 21.3 Å². The Hall–Kier alpha value is -1.42. The summed E-state index contributed by atoms with van der Waals surface area (Å²) in [5.41, 5.74) is 1.16. The van der Waals surface area contributed by atoms with Crippen molar-refractivity contribution in [2.75, 3.05) is 27.9 Å². The average molecular weight is 265 g/mol. The summed E-state index contributed by atoms with van der Waals surface area (Å²) in [4.78, 5) is 0. The molecular formula is C15H23NO3. The maximum absolute atomic E-state index is 5.52. The fraction of sp³-hybridized carbons (Fsp3) is 0.600. The molecule has 1 unspecified atom stereocenters. The highest BCUT2D eigenvalue weighted by molar-refractivity contribution is 5.52. The minimum Gasteiger partial charge on any atom is -0.496 e. The number of benzene rings is 1. The van der Waals surface area contributed by atoms with Crippen molar-refractivity contribution < 1.29 is 14.2 Å². The van der Waals surface area contributed by atoms with Crippen molar-refractivity contribution in [2.24, 2.45) is 5.92 Å². The molecule has 1 N–H and O–H groups in total. The molecule has 19 heavy (non-hydrogen) atoms. The van der Waals surface area contributed by atoms with Crippen LogP contribution in [-0.4, -0.2) is 27.9 Å². The standard InChI is InChI=1S/C15H23NO3/c1-5-16-15(10-6-7-10)11-8-13(18-3)14(19-4)9-12(11)17-2/h8-10,15-16H,5-7H2,1-4H3. The second kappa shape index (κ2) is 6.15. The first kappa shape index (κ1) is 14.0. The Balaban J connectivity index is 2.40. The third-order valence-corrected chi connectivity index (χ3v) is 3.59. The van der Waals surface area contributed by atoms with E-state index in [9.17, 15) is 0 Å². The van der Waals surface area contributed by atoms with Crippen LogP contribution >= 0.6 is 0 Å². The largest absolute Gasteiger partial charge is 0.496 e. The van der Waals surface area contributed by atoms with Crippen LogP contribution < -0.4 is 19.5 Å². The Morgan fingerprint density at radius 3 is 2.11 bits per heavy atom. The van der Waals surface area contributed by atoms with Gasteiger partial charge in [-0.05, 0) is 31.4 Å². The Bertz CT molecular complexity index is 430. The van der Waals surface area contributed by atoms with Gasteiger partial charge in [0.05, 0.1) is 21.3 Å². The maximum Gasteiger partial charge on any atom is 0.164 e. The van der Waals surface area contributed by atoms with E-state index in [1.807, 2.05) is 12.1 Å². The van der Waals surface area contributed by atoms with Gasteiger partial charge < -0.3 is 19.5 Å². The van der Waals surface area contributed by atoms with Gasteiger partial charge in [0.25, 0.3) is 0 Å². The lowest BCUT2D eigenvalue weighted by molar-refractivity contribution is 0.343. The van der Waals surface area contributed by atoms with Gasteiger partial charge in [-0.2, -0.15) is 0 Å². The van der Waals surface area contributed by atoms with E-state index in [0.717, 1.165) is 23.6 Å². The van der Waals surface area contributed by atoms with Crippen LogP contribution in [0.4, 0.5) is 0 Å². The number of hydrogen-bond donors (Lipinski definition) is 1. The van der Waals surface area contributed by atoms with E-state index in [0.29, 0.717) is 17.7 Å². The molecule has 0 bridgehead atoms. The number of methoxy groups -OCH3 is 3. The molecule has 1 atom stereocenters. The van der Waals surface area contributed by atoms with Gasteiger partial charge in [0.15, 0.2) is 11.5 Å². The number of rotatable bonds is 7. The lowest BCUT2D eigenvalue weighted by Crippen LogP contribution is -2.23. The molecule has 0 aromatic heterocycles. The van der Waals surface area contributed by atoms with Crippen molar-refractivity contribution in [1.29, 1.82) is 0 Å². The average Bonchev–Trinajstić information content (AvgIpc) is 3.27. The summed E-state index contributed by atoms with van der Waals surface area (Å²) in [6.45, 7) is 3.07. The van der Waals surface area contributed by atoms with Crippen molar-refractivity contribution in [2.45, 2.75) is 25.8 Å². The molecule has 1 saturated carbocycles. The van der Waals surface area contributed by atoms with E-state index in [4.69, 9.17) is 14.2 Å². The third kappa shape index (κ3) is 2.95. The van der Waals surface area contributed by atoms with Crippen LogP contribution in [0.25, 0.3) is 0 Å². The van der Waals surface area contributed by atoms with E-state index in [1.165, 1.54) is 12.8 Å². The number of hydrogen-bond acceptors (Lipinski definition) is 4. The zero-order valence-electron chi connectivity index (χ0n) is 12.2. The predicted molar refractivity (Wildman–Crippen MR) is 75.2 cm³/mol. The van der Waals surface area contributed by atoms with Crippen LogP contribution in [0.5, 0.6) is 17.2 Å². The molecule has 0 spiro atoms. The summed E-state index contributed by atoms with van der Waals surface area (Å²) in [6.07, 6.45) is 2.55. The van der Waals surface area contributed by atoms with Gasteiger partial charge in [0.2, 0.25) is 0 Å².